The second-order valence-corrected chi connectivity index (χ2v) is 4.42. The quantitative estimate of drug-likeness (QED) is 0.699. The first-order valence-electron chi connectivity index (χ1n) is 5.24. The van der Waals surface area contributed by atoms with Gasteiger partial charge in [-0.1, -0.05) is 17.7 Å². The summed E-state index contributed by atoms with van der Waals surface area (Å²) in [6, 6.07) is 6.42. The van der Waals surface area contributed by atoms with Gasteiger partial charge in [-0.15, -0.1) is 0 Å². The average Bonchev–Trinajstić information content (AvgIpc) is 2.59. The summed E-state index contributed by atoms with van der Waals surface area (Å²) >= 11 is 5.79. The van der Waals surface area contributed by atoms with Crippen molar-refractivity contribution in [1.82, 2.24) is 4.90 Å². The van der Waals surface area contributed by atoms with Crippen LogP contribution in [0, 0.1) is 0 Å². The fourth-order valence-electron chi connectivity index (χ4n) is 1.70. The zero-order valence-electron chi connectivity index (χ0n) is 9.01. The molecule has 6 heteroatoms. The van der Waals surface area contributed by atoms with E-state index in [4.69, 9.17) is 11.6 Å². The monoisotopic (exact) mass is 256 g/mol. The van der Waals surface area contributed by atoms with Crippen molar-refractivity contribution in [3.63, 3.8) is 0 Å². The van der Waals surface area contributed by atoms with Crippen molar-refractivity contribution in [2.24, 2.45) is 0 Å². The maximum Gasteiger partial charge on any atom is 0.322 e. The van der Waals surface area contributed by atoms with Crippen molar-refractivity contribution in [2.45, 2.75) is 12.2 Å². The van der Waals surface area contributed by atoms with Crippen LogP contribution in [0.1, 0.15) is 0 Å². The van der Waals surface area contributed by atoms with E-state index in [1.807, 2.05) is 0 Å². The van der Waals surface area contributed by atoms with Crippen LogP contribution in [-0.4, -0.2) is 46.4 Å². The number of halogens is 1. The van der Waals surface area contributed by atoms with Crippen LogP contribution in [0.15, 0.2) is 24.3 Å². The van der Waals surface area contributed by atoms with Crippen LogP contribution in [0.4, 0.5) is 10.5 Å². The number of carbonyl (C=O) groups is 1. The second kappa shape index (κ2) is 4.91. The van der Waals surface area contributed by atoms with E-state index in [0.717, 1.165) is 0 Å². The third-order valence-electron chi connectivity index (χ3n) is 2.62. The van der Waals surface area contributed by atoms with Gasteiger partial charge in [0, 0.05) is 10.7 Å². The summed E-state index contributed by atoms with van der Waals surface area (Å²) in [5.74, 6) is 0. The molecule has 1 fully saturated rings. The fraction of sp³-hybridized carbons (Fsp3) is 0.364. The first-order valence-corrected chi connectivity index (χ1v) is 5.61. The van der Waals surface area contributed by atoms with Gasteiger partial charge >= 0.3 is 6.03 Å². The number of anilines is 1. The molecule has 1 aliphatic heterocycles. The molecule has 0 bridgehead atoms. The number of nitrogens with zero attached hydrogens (tertiary/aromatic N) is 1. The van der Waals surface area contributed by atoms with Gasteiger partial charge in [-0.3, -0.25) is 0 Å². The van der Waals surface area contributed by atoms with Crippen LogP contribution in [0.2, 0.25) is 5.02 Å². The van der Waals surface area contributed by atoms with E-state index in [-0.39, 0.29) is 19.1 Å². The van der Waals surface area contributed by atoms with Gasteiger partial charge in [-0.05, 0) is 18.2 Å². The van der Waals surface area contributed by atoms with Gasteiger partial charge in [-0.25, -0.2) is 4.79 Å². The molecule has 2 rings (SSSR count). The third kappa shape index (κ3) is 2.88. The molecule has 0 saturated carbocycles. The van der Waals surface area contributed by atoms with E-state index in [1.54, 1.807) is 24.3 Å². The lowest BCUT2D eigenvalue weighted by molar-refractivity contribution is 0.0572. The molecule has 0 radical (unpaired) electrons. The van der Waals surface area contributed by atoms with Crippen molar-refractivity contribution in [3.05, 3.63) is 29.3 Å². The Bertz CT molecular complexity index is 417. The summed E-state index contributed by atoms with van der Waals surface area (Å²) in [6.45, 7) is 0.265. The molecular formula is C11H13ClN2O3. The second-order valence-electron chi connectivity index (χ2n) is 3.98. The summed E-state index contributed by atoms with van der Waals surface area (Å²) < 4.78 is 0. The Hall–Kier alpha value is -1.30. The summed E-state index contributed by atoms with van der Waals surface area (Å²) in [5.41, 5.74) is 0.582. The highest BCUT2D eigenvalue weighted by Crippen LogP contribution is 2.17. The fourth-order valence-corrected chi connectivity index (χ4v) is 1.89. The van der Waals surface area contributed by atoms with E-state index < -0.39 is 12.2 Å². The number of hydrogen-bond donors (Lipinski definition) is 3. The molecule has 17 heavy (non-hydrogen) atoms. The van der Waals surface area contributed by atoms with Crippen molar-refractivity contribution >= 4 is 23.3 Å². The van der Waals surface area contributed by atoms with Crippen molar-refractivity contribution < 1.29 is 15.0 Å². The summed E-state index contributed by atoms with van der Waals surface area (Å²) in [7, 11) is 0. The first-order chi connectivity index (χ1) is 8.06. The molecule has 92 valence electrons. The maximum absolute atomic E-state index is 11.8. The Kier molecular flexibility index (Phi) is 3.51. The Morgan fingerprint density at radius 2 is 2.00 bits per heavy atom. The largest absolute Gasteiger partial charge is 0.388 e. The molecule has 1 aromatic rings. The lowest BCUT2D eigenvalue weighted by Gasteiger charge is -2.16. The van der Waals surface area contributed by atoms with Crippen LogP contribution in [0.25, 0.3) is 0 Å². The summed E-state index contributed by atoms with van der Waals surface area (Å²) in [4.78, 5) is 13.1. The number of amides is 2. The maximum atomic E-state index is 11.8. The highest BCUT2D eigenvalue weighted by molar-refractivity contribution is 6.30. The predicted octanol–water partition coefficient (Wildman–Crippen LogP) is 0.909. The Labute approximate surface area is 104 Å². The molecule has 2 unspecified atom stereocenters. The van der Waals surface area contributed by atoms with E-state index in [0.29, 0.717) is 10.7 Å². The smallest absolute Gasteiger partial charge is 0.322 e. The van der Waals surface area contributed by atoms with E-state index >= 15 is 0 Å². The SMILES string of the molecule is O=C(Nc1cccc(Cl)c1)N1CC(O)C(O)C1. The molecule has 1 heterocycles. The van der Waals surface area contributed by atoms with Crippen LogP contribution >= 0.6 is 11.6 Å². The van der Waals surface area contributed by atoms with Gasteiger partial charge in [0.2, 0.25) is 0 Å². The van der Waals surface area contributed by atoms with Crippen LogP contribution in [0.5, 0.6) is 0 Å². The molecule has 0 aliphatic carbocycles. The molecule has 0 aromatic heterocycles. The van der Waals surface area contributed by atoms with Gasteiger partial charge in [0.15, 0.2) is 0 Å². The van der Waals surface area contributed by atoms with Crippen LogP contribution < -0.4 is 5.32 Å². The predicted molar refractivity (Wildman–Crippen MR) is 64.1 cm³/mol. The molecule has 2 atom stereocenters. The zero-order chi connectivity index (χ0) is 12.4. The summed E-state index contributed by atoms with van der Waals surface area (Å²) in [5, 5.41) is 21.8. The van der Waals surface area contributed by atoms with Crippen molar-refractivity contribution in [2.75, 3.05) is 18.4 Å². The highest BCUT2D eigenvalue weighted by atomic mass is 35.5. The minimum absolute atomic E-state index is 0.133. The Morgan fingerprint density at radius 1 is 1.35 bits per heavy atom. The first kappa shape index (κ1) is 12.2. The normalized spacial score (nSPS) is 23.8. The van der Waals surface area contributed by atoms with E-state index in [9.17, 15) is 15.0 Å². The topological polar surface area (TPSA) is 72.8 Å². The van der Waals surface area contributed by atoms with E-state index in [2.05, 4.69) is 5.32 Å². The highest BCUT2D eigenvalue weighted by Gasteiger charge is 2.32. The van der Waals surface area contributed by atoms with E-state index in [1.165, 1.54) is 4.90 Å². The lowest BCUT2D eigenvalue weighted by atomic mass is 10.3. The van der Waals surface area contributed by atoms with Crippen molar-refractivity contribution in [3.8, 4) is 0 Å². The number of urea groups is 1. The summed E-state index contributed by atoms with van der Waals surface area (Å²) in [6.07, 6.45) is -1.75. The number of carbonyl (C=O) groups excluding carboxylic acids is 1. The number of aliphatic hydroxyl groups excluding tert-OH is 2. The van der Waals surface area contributed by atoms with Crippen molar-refractivity contribution in [1.29, 1.82) is 0 Å². The number of nitrogens with one attached hydrogen (secondary N) is 1. The average molecular weight is 257 g/mol. The number of likely N-dealkylation sites (tertiary alicyclic amines) is 1. The molecule has 3 N–H and O–H groups in total. The minimum Gasteiger partial charge on any atom is -0.388 e. The van der Waals surface area contributed by atoms with Gasteiger partial charge in [0.25, 0.3) is 0 Å². The number of hydrogen-bond acceptors (Lipinski definition) is 3. The lowest BCUT2D eigenvalue weighted by Crippen LogP contribution is -2.33. The van der Waals surface area contributed by atoms with Gasteiger partial charge < -0.3 is 20.4 Å². The van der Waals surface area contributed by atoms with Crippen LogP contribution in [0.3, 0.4) is 0 Å². The van der Waals surface area contributed by atoms with Gasteiger partial charge in [-0.2, -0.15) is 0 Å². The molecule has 5 nitrogen and oxygen atoms in total. The molecule has 2 amide bonds. The number of benzene rings is 1. The zero-order valence-corrected chi connectivity index (χ0v) is 9.76. The molecule has 1 saturated heterocycles. The van der Waals surface area contributed by atoms with Gasteiger partial charge in [0.05, 0.1) is 25.3 Å². The molecular weight excluding hydrogens is 244 g/mol. The molecule has 1 aromatic carbocycles. The Balaban J connectivity index is 1.98. The molecule has 1 aliphatic rings. The Morgan fingerprint density at radius 3 is 2.59 bits per heavy atom. The third-order valence-corrected chi connectivity index (χ3v) is 2.86. The number of aliphatic hydroxyl groups is 2. The van der Waals surface area contributed by atoms with Gasteiger partial charge in [0.1, 0.15) is 0 Å². The minimum atomic E-state index is -0.875. The van der Waals surface area contributed by atoms with Crippen LogP contribution in [-0.2, 0) is 0 Å². The standard InChI is InChI=1S/C11H13ClN2O3/c12-7-2-1-3-8(4-7)13-11(17)14-5-9(15)10(16)6-14/h1-4,9-10,15-16H,5-6H2,(H,13,17). The number of β-amino-alcohol motifs (C(OH)–C–C–N with tert-alkyl or cyclic N) is 2. The molecule has 0 spiro atoms. The number of rotatable bonds is 1.